The molecule has 10 nitrogen and oxygen atoms in total. The summed E-state index contributed by atoms with van der Waals surface area (Å²) < 4.78 is 81.2. The van der Waals surface area contributed by atoms with Crippen molar-refractivity contribution in [3.63, 3.8) is 0 Å². The van der Waals surface area contributed by atoms with Gasteiger partial charge in [-0.3, -0.25) is 24.3 Å². The maximum atomic E-state index is 14.0. The van der Waals surface area contributed by atoms with Gasteiger partial charge in [0.1, 0.15) is 11.5 Å². The lowest BCUT2D eigenvalue weighted by Gasteiger charge is -2.37. The lowest BCUT2D eigenvalue weighted by atomic mass is 9.73. The number of hydrogen-bond acceptors (Lipinski definition) is 7. The number of amides is 2. The van der Waals surface area contributed by atoms with E-state index in [4.69, 9.17) is 23.2 Å². The molecule has 1 aromatic carbocycles. The van der Waals surface area contributed by atoms with Crippen molar-refractivity contribution >= 4 is 52.5 Å². The van der Waals surface area contributed by atoms with Gasteiger partial charge < -0.3 is 20.8 Å². The van der Waals surface area contributed by atoms with Crippen molar-refractivity contribution in [1.29, 1.82) is 0 Å². The predicted molar refractivity (Wildman–Crippen MR) is 123 cm³/mol. The van der Waals surface area contributed by atoms with Gasteiger partial charge in [-0.15, -0.1) is 0 Å². The van der Waals surface area contributed by atoms with Crippen molar-refractivity contribution in [3.05, 3.63) is 45.8 Å². The minimum absolute atomic E-state index is 0.113. The third-order valence-corrected chi connectivity index (χ3v) is 7.90. The highest BCUT2D eigenvalue weighted by Gasteiger charge is 2.76. The van der Waals surface area contributed by atoms with Crippen LogP contribution in [-0.4, -0.2) is 67.2 Å². The molecule has 5 rings (SSSR count). The highest BCUT2D eigenvalue weighted by atomic mass is 35.5. The van der Waals surface area contributed by atoms with E-state index in [1.165, 1.54) is 6.07 Å². The molecule has 1 spiro atoms. The summed E-state index contributed by atoms with van der Waals surface area (Å²) in [5, 5.41) is 24.9. The zero-order valence-corrected chi connectivity index (χ0v) is 21.0. The van der Waals surface area contributed by atoms with Crippen molar-refractivity contribution in [2.24, 2.45) is 11.8 Å². The molecule has 2 saturated heterocycles. The Morgan fingerprint density at radius 1 is 1.15 bits per heavy atom. The minimum atomic E-state index is -5.27. The van der Waals surface area contributed by atoms with Gasteiger partial charge in [0.05, 0.1) is 29.0 Å². The lowest BCUT2D eigenvalue weighted by Crippen LogP contribution is -2.57. The van der Waals surface area contributed by atoms with Crippen LogP contribution in [0, 0.1) is 11.8 Å². The van der Waals surface area contributed by atoms with Crippen molar-refractivity contribution in [3.8, 4) is 0 Å². The second-order valence-electron chi connectivity index (χ2n) is 9.58. The van der Waals surface area contributed by atoms with E-state index in [-0.39, 0.29) is 21.3 Å². The molecule has 2 fully saturated rings. The Bertz CT molecular complexity index is 1460. The molecule has 40 heavy (non-hydrogen) atoms. The molecular formula is C22H15Cl2F6N5O5. The Hall–Kier alpha value is -3.21. The van der Waals surface area contributed by atoms with Crippen molar-refractivity contribution in [2.45, 2.75) is 36.0 Å². The van der Waals surface area contributed by atoms with Gasteiger partial charge >= 0.3 is 18.3 Å². The second-order valence-corrected chi connectivity index (χ2v) is 10.4. The molecule has 1 aromatic heterocycles. The number of carbonyl (C=O) groups excluding carboxylic acids is 2. The number of aliphatic carboxylic acids is 1. The van der Waals surface area contributed by atoms with E-state index in [0.29, 0.717) is 12.4 Å². The van der Waals surface area contributed by atoms with E-state index in [9.17, 15) is 50.9 Å². The number of hydrogen-bond donors (Lipinski definition) is 4. The Morgan fingerprint density at radius 2 is 1.82 bits per heavy atom. The average molecular weight is 614 g/mol. The molecule has 3 aliphatic rings. The van der Waals surface area contributed by atoms with E-state index >= 15 is 0 Å². The van der Waals surface area contributed by atoms with E-state index in [2.05, 4.69) is 15.3 Å². The van der Waals surface area contributed by atoms with Crippen molar-refractivity contribution in [1.82, 2.24) is 14.9 Å². The summed E-state index contributed by atoms with van der Waals surface area (Å²) in [7, 11) is 0. The van der Waals surface area contributed by atoms with E-state index in [0.717, 1.165) is 11.0 Å². The number of halogens is 8. The highest BCUT2D eigenvalue weighted by molar-refractivity contribution is 6.38. The number of rotatable bonds is 3. The number of nitrogens with one attached hydrogen (secondary N) is 2. The van der Waals surface area contributed by atoms with Gasteiger partial charge in [-0.2, -0.15) is 26.3 Å². The summed E-state index contributed by atoms with van der Waals surface area (Å²) in [6.45, 7) is -1.31. The van der Waals surface area contributed by atoms with Crippen molar-refractivity contribution < 1.29 is 50.9 Å². The van der Waals surface area contributed by atoms with Crippen LogP contribution >= 0.6 is 23.2 Å². The fourth-order valence-electron chi connectivity index (χ4n) is 5.85. The molecular weight excluding hydrogens is 599 g/mol. The SMILES string of the molecule is O=C(Nc1cncc(C(F)(F)F)n1)C1C2C[C@@](O)(C(F)(F)F)CN2C2(C(=O)Nc3c(Cl)cc(Cl)cc32)C1C(=O)O. The van der Waals surface area contributed by atoms with Gasteiger partial charge in [-0.25, -0.2) is 4.98 Å². The maximum Gasteiger partial charge on any atom is 0.434 e. The summed E-state index contributed by atoms with van der Waals surface area (Å²) in [5.41, 5.74) is -7.90. The Labute approximate surface area is 229 Å². The highest BCUT2D eigenvalue weighted by Crippen LogP contribution is 2.61. The van der Waals surface area contributed by atoms with Gasteiger partial charge in [0.2, 0.25) is 5.91 Å². The molecule has 0 radical (unpaired) electrons. The molecule has 0 aliphatic carbocycles. The normalized spacial score (nSPS) is 29.8. The van der Waals surface area contributed by atoms with Crippen LogP contribution in [-0.2, 0) is 26.1 Å². The van der Waals surface area contributed by atoms with Crippen LogP contribution < -0.4 is 10.6 Å². The second kappa shape index (κ2) is 8.89. The molecule has 5 atom stereocenters. The summed E-state index contributed by atoms with van der Waals surface area (Å²) >= 11 is 12.3. The van der Waals surface area contributed by atoms with Gasteiger partial charge in [-0.1, -0.05) is 23.2 Å². The van der Waals surface area contributed by atoms with Crippen LogP contribution in [0.3, 0.4) is 0 Å². The molecule has 214 valence electrons. The fourth-order valence-corrected chi connectivity index (χ4v) is 6.39. The fraction of sp³-hybridized carbons (Fsp3) is 0.409. The Morgan fingerprint density at radius 3 is 2.42 bits per heavy atom. The molecule has 4 unspecified atom stereocenters. The van der Waals surface area contributed by atoms with Crippen LogP contribution in [0.2, 0.25) is 10.0 Å². The van der Waals surface area contributed by atoms with Gasteiger partial charge in [0.15, 0.2) is 17.1 Å². The third-order valence-electron chi connectivity index (χ3n) is 7.38. The van der Waals surface area contributed by atoms with Crippen LogP contribution in [0.15, 0.2) is 24.5 Å². The number of carbonyl (C=O) groups is 3. The molecule has 18 heteroatoms. The molecule has 2 aromatic rings. The number of aliphatic hydroxyl groups is 1. The zero-order chi connectivity index (χ0) is 29.6. The average Bonchev–Trinajstić information content (AvgIpc) is 3.41. The molecule has 3 aliphatic heterocycles. The molecule has 2 amide bonds. The monoisotopic (exact) mass is 613 g/mol. The quantitative estimate of drug-likeness (QED) is 0.386. The summed E-state index contributed by atoms with van der Waals surface area (Å²) in [6, 6.07) is 0.564. The maximum absolute atomic E-state index is 14.0. The molecule has 4 N–H and O–H groups in total. The number of nitrogens with zero attached hydrogens (tertiary/aromatic N) is 3. The first-order valence-corrected chi connectivity index (χ1v) is 12.0. The topological polar surface area (TPSA) is 145 Å². The van der Waals surface area contributed by atoms with Gasteiger partial charge in [-0.05, 0) is 12.1 Å². The first-order chi connectivity index (χ1) is 18.4. The number of anilines is 2. The van der Waals surface area contributed by atoms with E-state index in [1.54, 1.807) is 0 Å². The van der Waals surface area contributed by atoms with Crippen LogP contribution in [0.5, 0.6) is 0 Å². The number of fused-ring (bicyclic) bond motifs is 4. The van der Waals surface area contributed by atoms with E-state index < -0.39 is 83.6 Å². The number of carboxylic acid groups (broad SMARTS) is 1. The first kappa shape index (κ1) is 28.3. The molecule has 4 heterocycles. The number of aromatic nitrogens is 2. The van der Waals surface area contributed by atoms with Crippen molar-refractivity contribution in [2.75, 3.05) is 17.2 Å². The molecule has 0 saturated carbocycles. The third kappa shape index (κ3) is 3.99. The number of alkyl halides is 6. The standard InChI is InChI=1S/C22H15Cl2F6N5O5/c23-7-1-8-15(9(24)2-7)34-18(39)20(8)14(17(37)38)13(10-3-19(40,6-35(10)20)22(28,29)30)16(36)33-12-5-31-4-11(32-12)21(25,26)27/h1-2,4-5,10,13-14,40H,3,6H2,(H,34,39)(H,37,38)(H,32,33,36)/t10?,13?,14?,19-,20?/m0/s1. The number of carboxylic acids is 1. The Balaban J connectivity index is 1.68. The zero-order valence-electron chi connectivity index (χ0n) is 19.4. The summed E-state index contributed by atoms with van der Waals surface area (Å²) in [6.07, 6.45) is -10.4. The van der Waals surface area contributed by atoms with Gasteiger partial charge in [0.25, 0.3) is 5.91 Å². The predicted octanol–water partition coefficient (Wildman–Crippen LogP) is 3.29. The Kier molecular flexibility index (Phi) is 6.30. The smallest absolute Gasteiger partial charge is 0.434 e. The molecule has 0 bridgehead atoms. The van der Waals surface area contributed by atoms with Crippen LogP contribution in [0.25, 0.3) is 0 Å². The first-order valence-electron chi connectivity index (χ1n) is 11.2. The number of benzene rings is 1. The summed E-state index contributed by atoms with van der Waals surface area (Å²) in [5.74, 6) is -9.20. The van der Waals surface area contributed by atoms with Crippen LogP contribution in [0.1, 0.15) is 17.7 Å². The van der Waals surface area contributed by atoms with Crippen LogP contribution in [0.4, 0.5) is 37.8 Å². The lowest BCUT2D eigenvalue weighted by molar-refractivity contribution is -0.256. The minimum Gasteiger partial charge on any atom is -0.481 e. The van der Waals surface area contributed by atoms with E-state index in [1.807, 2.05) is 5.32 Å². The summed E-state index contributed by atoms with van der Waals surface area (Å²) in [4.78, 5) is 47.1. The largest absolute Gasteiger partial charge is 0.481 e. The van der Waals surface area contributed by atoms with Gasteiger partial charge in [0, 0.05) is 29.6 Å².